The molecule has 1 amide bonds. The molecule has 20 heavy (non-hydrogen) atoms. The molecule has 1 atom stereocenters. The number of amides is 1. The molecule has 0 aliphatic carbocycles. The fourth-order valence-corrected chi connectivity index (χ4v) is 2.91. The molecule has 1 aliphatic heterocycles. The smallest absolute Gasteiger partial charge is 0.238 e. The van der Waals surface area contributed by atoms with Crippen molar-refractivity contribution in [3.8, 4) is 0 Å². The van der Waals surface area contributed by atoms with Crippen molar-refractivity contribution in [2.75, 3.05) is 18.4 Å². The van der Waals surface area contributed by atoms with Crippen LogP contribution in [-0.2, 0) is 4.79 Å². The predicted octanol–water partition coefficient (Wildman–Crippen LogP) is 2.42. The number of carbonyl (C=O) groups excluding carboxylic acids is 1. The number of carbonyl (C=O) groups is 1. The number of benzene rings is 1. The lowest BCUT2D eigenvalue weighted by molar-refractivity contribution is -0.117. The third-order valence-electron chi connectivity index (χ3n) is 3.40. The van der Waals surface area contributed by atoms with Gasteiger partial charge in [-0.1, -0.05) is 36.3 Å². The Bertz CT molecular complexity index is 509. The largest absolute Gasteiger partial charge is 0.392 e. The number of nitrogens with one attached hydrogen (secondary N) is 1. The topological polar surface area (TPSA) is 58.4 Å². The normalized spacial score (nSPS) is 19.6. The van der Waals surface area contributed by atoms with Crippen LogP contribution in [0.5, 0.6) is 0 Å². The zero-order valence-corrected chi connectivity index (χ0v) is 12.7. The Morgan fingerprint density at radius 3 is 3.00 bits per heavy atom. The number of halogens is 1. The molecule has 1 heterocycles. The third kappa shape index (κ3) is 4.16. The standard InChI is InChI=1S/C14H18ClN3OS/c15-10-4-3-5-11(8-10)17-13(19)9-18-7-2-1-6-12(18)14(16)20/h3-5,8,12H,1-2,6-7,9H2,(H2,16,20)(H,17,19). The van der Waals surface area contributed by atoms with Gasteiger partial charge in [-0.05, 0) is 37.6 Å². The van der Waals surface area contributed by atoms with Gasteiger partial charge in [0.1, 0.15) is 0 Å². The van der Waals surface area contributed by atoms with Gasteiger partial charge in [-0.3, -0.25) is 9.69 Å². The van der Waals surface area contributed by atoms with Gasteiger partial charge in [-0.2, -0.15) is 0 Å². The van der Waals surface area contributed by atoms with Gasteiger partial charge in [0.25, 0.3) is 0 Å². The second-order valence-corrected chi connectivity index (χ2v) is 5.85. The molecule has 0 bridgehead atoms. The molecule has 108 valence electrons. The first kappa shape index (κ1) is 15.2. The number of nitrogens with zero attached hydrogens (tertiary/aromatic N) is 1. The van der Waals surface area contributed by atoms with Crippen molar-refractivity contribution < 1.29 is 4.79 Å². The van der Waals surface area contributed by atoms with Crippen molar-refractivity contribution in [3.05, 3.63) is 29.3 Å². The summed E-state index contributed by atoms with van der Waals surface area (Å²) in [5, 5.41) is 3.44. The molecule has 1 saturated heterocycles. The molecule has 2 rings (SSSR count). The first-order valence-corrected chi connectivity index (χ1v) is 7.43. The first-order valence-electron chi connectivity index (χ1n) is 6.65. The number of nitrogens with two attached hydrogens (primary N) is 1. The van der Waals surface area contributed by atoms with Gasteiger partial charge in [-0.15, -0.1) is 0 Å². The lowest BCUT2D eigenvalue weighted by Gasteiger charge is -2.34. The van der Waals surface area contributed by atoms with Gasteiger partial charge in [0.05, 0.1) is 17.6 Å². The molecule has 6 heteroatoms. The highest BCUT2D eigenvalue weighted by Crippen LogP contribution is 2.18. The van der Waals surface area contributed by atoms with E-state index in [1.165, 1.54) is 0 Å². The number of likely N-dealkylation sites (tertiary alicyclic amines) is 1. The van der Waals surface area contributed by atoms with Crippen molar-refractivity contribution >= 4 is 40.4 Å². The summed E-state index contributed by atoms with van der Waals surface area (Å²) in [6, 6.07) is 7.14. The summed E-state index contributed by atoms with van der Waals surface area (Å²) in [5.74, 6) is -0.0737. The highest BCUT2D eigenvalue weighted by Gasteiger charge is 2.26. The summed E-state index contributed by atoms with van der Waals surface area (Å²) in [4.78, 5) is 14.6. The van der Waals surface area contributed by atoms with Crippen LogP contribution in [0, 0.1) is 0 Å². The number of hydrogen-bond acceptors (Lipinski definition) is 3. The van der Waals surface area contributed by atoms with Crippen LogP contribution in [0.25, 0.3) is 0 Å². The fraction of sp³-hybridized carbons (Fsp3) is 0.429. The maximum Gasteiger partial charge on any atom is 0.238 e. The first-order chi connectivity index (χ1) is 9.56. The van der Waals surface area contributed by atoms with Crippen molar-refractivity contribution in [1.82, 2.24) is 4.90 Å². The number of anilines is 1. The summed E-state index contributed by atoms with van der Waals surface area (Å²) in [6.45, 7) is 1.15. The van der Waals surface area contributed by atoms with Crippen LogP contribution in [-0.4, -0.2) is 34.9 Å². The molecule has 3 N–H and O–H groups in total. The summed E-state index contributed by atoms with van der Waals surface area (Å²) >= 11 is 11.0. The van der Waals surface area contributed by atoms with E-state index >= 15 is 0 Å². The SMILES string of the molecule is NC(=S)C1CCCCN1CC(=O)Nc1cccc(Cl)c1. The van der Waals surface area contributed by atoms with E-state index in [4.69, 9.17) is 29.6 Å². The zero-order chi connectivity index (χ0) is 14.5. The fourth-order valence-electron chi connectivity index (χ4n) is 2.45. The highest BCUT2D eigenvalue weighted by molar-refractivity contribution is 7.80. The van der Waals surface area contributed by atoms with Gasteiger partial charge in [0.2, 0.25) is 5.91 Å². The minimum absolute atomic E-state index is 0.0314. The van der Waals surface area contributed by atoms with E-state index in [-0.39, 0.29) is 11.9 Å². The van der Waals surface area contributed by atoms with E-state index in [1.807, 2.05) is 11.0 Å². The van der Waals surface area contributed by atoms with Gasteiger partial charge < -0.3 is 11.1 Å². The number of hydrogen-bond donors (Lipinski definition) is 2. The van der Waals surface area contributed by atoms with Crippen molar-refractivity contribution in [3.63, 3.8) is 0 Å². The van der Waals surface area contributed by atoms with Crippen LogP contribution in [0.3, 0.4) is 0 Å². The summed E-state index contributed by atoms with van der Waals surface area (Å²) < 4.78 is 0. The molecule has 1 fully saturated rings. The van der Waals surface area contributed by atoms with E-state index in [0.717, 1.165) is 25.8 Å². The van der Waals surface area contributed by atoms with Gasteiger partial charge in [0, 0.05) is 10.7 Å². The number of rotatable bonds is 4. The van der Waals surface area contributed by atoms with E-state index in [1.54, 1.807) is 18.2 Å². The third-order valence-corrected chi connectivity index (χ3v) is 3.90. The van der Waals surface area contributed by atoms with Crippen LogP contribution < -0.4 is 11.1 Å². The molecule has 4 nitrogen and oxygen atoms in total. The number of piperidine rings is 1. The zero-order valence-electron chi connectivity index (χ0n) is 11.1. The number of thiocarbonyl (C=S) groups is 1. The maximum absolute atomic E-state index is 12.1. The van der Waals surface area contributed by atoms with E-state index in [0.29, 0.717) is 22.2 Å². The summed E-state index contributed by atoms with van der Waals surface area (Å²) in [6.07, 6.45) is 3.11. The Labute approximate surface area is 129 Å². The molecular formula is C14H18ClN3OS. The lowest BCUT2D eigenvalue weighted by atomic mass is 10.0. The predicted molar refractivity (Wildman–Crippen MR) is 86.1 cm³/mol. The maximum atomic E-state index is 12.1. The van der Waals surface area contributed by atoms with Gasteiger partial charge in [0.15, 0.2) is 0 Å². The highest BCUT2D eigenvalue weighted by atomic mass is 35.5. The van der Waals surface area contributed by atoms with Gasteiger partial charge in [-0.25, -0.2) is 0 Å². The van der Waals surface area contributed by atoms with Crippen LogP contribution >= 0.6 is 23.8 Å². The molecule has 0 spiro atoms. The minimum atomic E-state index is -0.0737. The summed E-state index contributed by atoms with van der Waals surface area (Å²) in [7, 11) is 0. The second-order valence-electron chi connectivity index (χ2n) is 4.94. The molecular weight excluding hydrogens is 294 g/mol. The van der Waals surface area contributed by atoms with E-state index < -0.39 is 0 Å². The van der Waals surface area contributed by atoms with Crippen LogP contribution in [0.4, 0.5) is 5.69 Å². The van der Waals surface area contributed by atoms with E-state index in [9.17, 15) is 4.79 Å². The molecule has 1 aromatic rings. The molecule has 1 unspecified atom stereocenters. The second kappa shape index (κ2) is 7.02. The van der Waals surface area contributed by atoms with Crippen LogP contribution in [0.2, 0.25) is 5.02 Å². The quantitative estimate of drug-likeness (QED) is 0.839. The minimum Gasteiger partial charge on any atom is -0.392 e. The Morgan fingerprint density at radius 1 is 1.50 bits per heavy atom. The van der Waals surface area contributed by atoms with Crippen molar-refractivity contribution in [2.24, 2.45) is 5.73 Å². The van der Waals surface area contributed by atoms with Crippen LogP contribution in [0.1, 0.15) is 19.3 Å². The van der Waals surface area contributed by atoms with Gasteiger partial charge >= 0.3 is 0 Å². The lowest BCUT2D eigenvalue weighted by Crippen LogP contribution is -2.49. The average molecular weight is 312 g/mol. The molecule has 1 aromatic carbocycles. The monoisotopic (exact) mass is 311 g/mol. The van der Waals surface area contributed by atoms with Crippen LogP contribution in [0.15, 0.2) is 24.3 Å². The summed E-state index contributed by atoms with van der Waals surface area (Å²) in [5.41, 5.74) is 6.45. The molecule has 0 aromatic heterocycles. The molecule has 0 radical (unpaired) electrons. The Balaban J connectivity index is 1.94. The Kier molecular flexibility index (Phi) is 5.34. The van der Waals surface area contributed by atoms with Crippen molar-refractivity contribution in [1.29, 1.82) is 0 Å². The van der Waals surface area contributed by atoms with E-state index in [2.05, 4.69) is 5.32 Å². The molecule has 1 aliphatic rings. The molecule has 0 saturated carbocycles. The van der Waals surface area contributed by atoms with Crippen molar-refractivity contribution in [2.45, 2.75) is 25.3 Å². The Morgan fingerprint density at radius 2 is 2.30 bits per heavy atom. The average Bonchev–Trinajstić information content (AvgIpc) is 2.38. The Hall–Kier alpha value is -1.17.